The van der Waals surface area contributed by atoms with Gasteiger partial charge in [-0.05, 0) is 25.0 Å². The monoisotopic (exact) mass is 259 g/mol. The number of rotatable bonds is 4. The molecule has 1 aliphatic carbocycles. The van der Waals surface area contributed by atoms with E-state index in [1.54, 1.807) is 6.20 Å². The summed E-state index contributed by atoms with van der Waals surface area (Å²) in [5, 5.41) is 8.85. The first kappa shape index (κ1) is 12.1. The number of aliphatic carboxylic acids is 1. The topological polar surface area (TPSA) is 68.0 Å². The first-order chi connectivity index (χ1) is 9.25. The van der Waals surface area contributed by atoms with Gasteiger partial charge in [0.1, 0.15) is 11.3 Å². The van der Waals surface area contributed by atoms with E-state index in [9.17, 15) is 4.79 Å². The molecule has 0 amide bonds. The number of pyridine rings is 1. The van der Waals surface area contributed by atoms with Gasteiger partial charge in [-0.25, -0.2) is 9.97 Å². The summed E-state index contributed by atoms with van der Waals surface area (Å²) in [6.07, 6.45) is 7.12. The highest BCUT2D eigenvalue weighted by molar-refractivity contribution is 5.72. The number of aromatic nitrogens is 3. The van der Waals surface area contributed by atoms with Crippen molar-refractivity contribution in [3.63, 3.8) is 0 Å². The highest BCUT2D eigenvalue weighted by atomic mass is 16.4. The van der Waals surface area contributed by atoms with Crippen molar-refractivity contribution in [1.29, 1.82) is 0 Å². The number of carbonyl (C=O) groups is 1. The second kappa shape index (κ2) is 4.99. The Hall–Kier alpha value is -1.91. The van der Waals surface area contributed by atoms with Crippen LogP contribution in [0.15, 0.2) is 18.3 Å². The van der Waals surface area contributed by atoms with Crippen molar-refractivity contribution >= 4 is 17.1 Å². The zero-order chi connectivity index (χ0) is 13.2. The molecule has 19 heavy (non-hydrogen) atoms. The second-order valence-electron chi connectivity index (χ2n) is 5.08. The van der Waals surface area contributed by atoms with Gasteiger partial charge in [-0.3, -0.25) is 4.79 Å². The second-order valence-corrected chi connectivity index (χ2v) is 5.08. The largest absolute Gasteiger partial charge is 0.481 e. The summed E-state index contributed by atoms with van der Waals surface area (Å²) in [6, 6.07) is 4.25. The fourth-order valence-electron chi connectivity index (χ4n) is 2.92. The molecular weight excluding hydrogens is 242 g/mol. The van der Waals surface area contributed by atoms with Crippen LogP contribution in [0, 0.1) is 0 Å². The smallest absolute Gasteiger partial charge is 0.303 e. The number of aryl methyl sites for hydroxylation is 1. The maximum absolute atomic E-state index is 10.8. The lowest BCUT2D eigenvalue weighted by atomic mass is 10.2. The van der Waals surface area contributed by atoms with Crippen LogP contribution in [0.25, 0.3) is 11.2 Å². The van der Waals surface area contributed by atoms with Crippen LogP contribution in [0.4, 0.5) is 0 Å². The number of carboxylic acid groups (broad SMARTS) is 1. The number of nitrogens with zero attached hydrogens (tertiary/aromatic N) is 3. The summed E-state index contributed by atoms with van der Waals surface area (Å²) in [7, 11) is 0. The van der Waals surface area contributed by atoms with Crippen LogP contribution >= 0.6 is 0 Å². The van der Waals surface area contributed by atoms with Crippen molar-refractivity contribution in [3.8, 4) is 0 Å². The van der Waals surface area contributed by atoms with E-state index in [1.807, 2.05) is 12.1 Å². The molecule has 2 aromatic heterocycles. The highest BCUT2D eigenvalue weighted by Crippen LogP contribution is 2.33. The number of hydrogen-bond donors (Lipinski definition) is 1. The number of carboxylic acids is 1. The van der Waals surface area contributed by atoms with E-state index in [0.717, 1.165) is 29.8 Å². The number of hydrogen-bond acceptors (Lipinski definition) is 3. The number of fused-ring (bicyclic) bond motifs is 1. The Morgan fingerprint density at radius 3 is 2.95 bits per heavy atom. The number of imidazole rings is 1. The molecule has 0 atom stereocenters. The van der Waals surface area contributed by atoms with Crippen LogP contribution in [0.5, 0.6) is 0 Å². The maximum atomic E-state index is 10.8. The normalized spacial score (nSPS) is 16.2. The Bertz CT molecular complexity index is 600. The molecule has 100 valence electrons. The van der Waals surface area contributed by atoms with Crippen LogP contribution in [0.3, 0.4) is 0 Å². The Morgan fingerprint density at radius 2 is 2.21 bits per heavy atom. The van der Waals surface area contributed by atoms with Crippen molar-refractivity contribution in [3.05, 3.63) is 24.2 Å². The van der Waals surface area contributed by atoms with Crippen LogP contribution in [0.1, 0.15) is 44.0 Å². The van der Waals surface area contributed by atoms with Crippen molar-refractivity contribution in [2.75, 3.05) is 0 Å². The Balaban J connectivity index is 2.03. The van der Waals surface area contributed by atoms with Gasteiger partial charge >= 0.3 is 5.97 Å². The van der Waals surface area contributed by atoms with Gasteiger partial charge in [-0.1, -0.05) is 12.8 Å². The molecule has 2 aromatic rings. The fourth-order valence-corrected chi connectivity index (χ4v) is 2.92. The van der Waals surface area contributed by atoms with Gasteiger partial charge in [0.15, 0.2) is 5.65 Å². The van der Waals surface area contributed by atoms with Gasteiger partial charge in [0.05, 0.1) is 6.42 Å². The van der Waals surface area contributed by atoms with Crippen molar-refractivity contribution in [2.24, 2.45) is 0 Å². The van der Waals surface area contributed by atoms with E-state index in [1.165, 1.54) is 12.8 Å². The molecule has 0 aromatic carbocycles. The van der Waals surface area contributed by atoms with Gasteiger partial charge in [-0.2, -0.15) is 0 Å². The molecule has 3 rings (SSSR count). The van der Waals surface area contributed by atoms with Crippen LogP contribution in [-0.4, -0.2) is 25.6 Å². The van der Waals surface area contributed by atoms with Crippen LogP contribution in [-0.2, 0) is 11.2 Å². The molecule has 0 radical (unpaired) electrons. The maximum Gasteiger partial charge on any atom is 0.303 e. The molecule has 1 aliphatic rings. The zero-order valence-corrected chi connectivity index (χ0v) is 10.7. The van der Waals surface area contributed by atoms with Gasteiger partial charge in [-0.15, -0.1) is 0 Å². The molecule has 2 heterocycles. The lowest BCUT2D eigenvalue weighted by molar-refractivity contribution is -0.137. The molecule has 0 aliphatic heterocycles. The minimum Gasteiger partial charge on any atom is -0.481 e. The first-order valence-corrected chi connectivity index (χ1v) is 6.79. The molecule has 5 nitrogen and oxygen atoms in total. The molecular formula is C14H17N3O2. The average Bonchev–Trinajstić information content (AvgIpc) is 3.02. The van der Waals surface area contributed by atoms with Crippen molar-refractivity contribution in [1.82, 2.24) is 14.5 Å². The van der Waals surface area contributed by atoms with E-state index in [-0.39, 0.29) is 6.42 Å². The van der Waals surface area contributed by atoms with Crippen molar-refractivity contribution < 1.29 is 9.90 Å². The lowest BCUT2D eigenvalue weighted by Crippen LogP contribution is -2.11. The van der Waals surface area contributed by atoms with Gasteiger partial charge in [0.25, 0.3) is 0 Å². The van der Waals surface area contributed by atoms with E-state index in [2.05, 4.69) is 14.5 Å². The molecule has 1 N–H and O–H groups in total. The van der Waals surface area contributed by atoms with E-state index in [0.29, 0.717) is 12.5 Å². The minimum absolute atomic E-state index is 0.121. The summed E-state index contributed by atoms with van der Waals surface area (Å²) >= 11 is 0. The summed E-state index contributed by atoms with van der Waals surface area (Å²) in [5.74, 6) is 0.0842. The van der Waals surface area contributed by atoms with Gasteiger partial charge in [0.2, 0.25) is 0 Å². The van der Waals surface area contributed by atoms with Crippen molar-refractivity contribution in [2.45, 2.75) is 44.6 Å². The van der Waals surface area contributed by atoms with E-state index >= 15 is 0 Å². The predicted octanol–water partition coefficient (Wildman–Crippen LogP) is 2.56. The zero-order valence-electron chi connectivity index (χ0n) is 10.7. The van der Waals surface area contributed by atoms with E-state index < -0.39 is 5.97 Å². The van der Waals surface area contributed by atoms with Crippen LogP contribution in [0.2, 0.25) is 0 Å². The third-order valence-electron chi connectivity index (χ3n) is 3.77. The summed E-state index contributed by atoms with van der Waals surface area (Å²) < 4.78 is 2.17. The lowest BCUT2D eigenvalue weighted by Gasteiger charge is -2.15. The Kier molecular flexibility index (Phi) is 3.19. The molecule has 1 fully saturated rings. The van der Waals surface area contributed by atoms with Crippen LogP contribution < -0.4 is 0 Å². The molecule has 0 unspecified atom stereocenters. The summed E-state index contributed by atoms with van der Waals surface area (Å²) in [4.78, 5) is 19.8. The SMILES string of the molecule is O=C(O)CCc1nc2cccnc2n1C1CCCC1. The third-order valence-corrected chi connectivity index (χ3v) is 3.77. The Labute approximate surface area is 111 Å². The molecule has 0 spiro atoms. The molecule has 0 saturated heterocycles. The standard InChI is InChI=1S/C14H17N3O2/c18-13(19)8-7-12-16-11-6-3-9-15-14(11)17(12)10-4-1-2-5-10/h3,6,9-10H,1-2,4-5,7-8H2,(H,18,19). The van der Waals surface area contributed by atoms with Gasteiger partial charge < -0.3 is 9.67 Å². The highest BCUT2D eigenvalue weighted by Gasteiger charge is 2.23. The summed E-state index contributed by atoms with van der Waals surface area (Å²) in [5.41, 5.74) is 1.77. The fraction of sp³-hybridized carbons (Fsp3) is 0.500. The minimum atomic E-state index is -0.780. The predicted molar refractivity (Wildman–Crippen MR) is 71.0 cm³/mol. The first-order valence-electron chi connectivity index (χ1n) is 6.79. The Morgan fingerprint density at radius 1 is 1.42 bits per heavy atom. The molecule has 1 saturated carbocycles. The van der Waals surface area contributed by atoms with Gasteiger partial charge in [0, 0.05) is 18.7 Å². The van der Waals surface area contributed by atoms with E-state index in [4.69, 9.17) is 5.11 Å². The quantitative estimate of drug-likeness (QED) is 0.916. The molecule has 0 bridgehead atoms. The summed E-state index contributed by atoms with van der Waals surface area (Å²) in [6.45, 7) is 0. The molecule has 5 heteroatoms. The average molecular weight is 259 g/mol. The third kappa shape index (κ3) is 2.32.